The van der Waals surface area contributed by atoms with Crippen molar-refractivity contribution in [2.45, 2.75) is 43.9 Å². The summed E-state index contributed by atoms with van der Waals surface area (Å²) < 4.78 is 55.8. The molecule has 0 saturated carbocycles. The Hall–Kier alpha value is -1.25. The van der Waals surface area contributed by atoms with Gasteiger partial charge in [-0.05, 0) is 33.8 Å². The number of hydrogen-bond donors (Lipinski definition) is 2. The molecule has 124 valence electrons. The molecule has 0 aliphatic carbocycles. The van der Waals surface area contributed by atoms with Crippen molar-refractivity contribution >= 4 is 17.3 Å². The van der Waals surface area contributed by atoms with E-state index >= 15 is 0 Å². The first-order valence-corrected chi connectivity index (χ1v) is 7.55. The van der Waals surface area contributed by atoms with E-state index in [-0.39, 0.29) is 0 Å². The topological polar surface area (TPSA) is 72.4 Å². The van der Waals surface area contributed by atoms with Crippen LogP contribution in [0.15, 0.2) is 24.3 Å². The Bertz CT molecular complexity index is 563. The SMILES string of the molecule is CC(C)(C)[S@@+]([O-])N[C@](C)(c1ccccc1F)C(F)(F)C(=O)O. The summed E-state index contributed by atoms with van der Waals surface area (Å²) in [5.74, 6) is -7.82. The highest BCUT2D eigenvalue weighted by molar-refractivity contribution is 7.90. The van der Waals surface area contributed by atoms with E-state index in [2.05, 4.69) is 4.72 Å². The second-order valence-corrected chi connectivity index (χ2v) is 7.93. The van der Waals surface area contributed by atoms with E-state index in [9.17, 15) is 22.5 Å². The molecule has 1 rings (SSSR count). The summed E-state index contributed by atoms with van der Waals surface area (Å²) in [5, 5.41) is 8.83. The molecule has 8 heteroatoms. The zero-order valence-corrected chi connectivity index (χ0v) is 13.4. The van der Waals surface area contributed by atoms with Crippen LogP contribution in [0.5, 0.6) is 0 Å². The molecule has 0 unspecified atom stereocenters. The lowest BCUT2D eigenvalue weighted by molar-refractivity contribution is -0.177. The zero-order valence-electron chi connectivity index (χ0n) is 12.6. The zero-order chi connectivity index (χ0) is 17.3. The number of halogens is 3. The number of carboxylic acid groups (broad SMARTS) is 1. The molecule has 1 aromatic carbocycles. The Morgan fingerprint density at radius 3 is 2.14 bits per heavy atom. The standard InChI is InChI=1S/C14H18F3NO3S/c1-12(2,3)22(21)18-13(4,14(16,17)11(19)20)9-7-5-6-8-10(9)15/h5-8,18H,1-4H3,(H,19,20)/t13-,22-/m1/s1. The summed E-state index contributed by atoms with van der Waals surface area (Å²) in [6.45, 7) is 5.40. The lowest BCUT2D eigenvalue weighted by atomic mass is 9.86. The highest BCUT2D eigenvalue weighted by Gasteiger charge is 2.61. The van der Waals surface area contributed by atoms with Crippen LogP contribution in [0, 0.1) is 5.82 Å². The number of aliphatic carboxylic acids is 1. The second kappa shape index (κ2) is 6.10. The monoisotopic (exact) mass is 337 g/mol. The minimum atomic E-state index is -4.38. The van der Waals surface area contributed by atoms with Crippen molar-refractivity contribution in [2.24, 2.45) is 0 Å². The van der Waals surface area contributed by atoms with Crippen LogP contribution in [0.25, 0.3) is 0 Å². The predicted molar refractivity (Wildman–Crippen MR) is 77.4 cm³/mol. The smallest absolute Gasteiger partial charge is 0.377 e. The lowest BCUT2D eigenvalue weighted by Gasteiger charge is -2.38. The molecule has 0 bridgehead atoms. The van der Waals surface area contributed by atoms with E-state index in [4.69, 9.17) is 5.11 Å². The predicted octanol–water partition coefficient (Wildman–Crippen LogP) is 2.81. The third-order valence-corrected chi connectivity index (χ3v) is 4.87. The maximum absolute atomic E-state index is 14.2. The van der Waals surface area contributed by atoms with Crippen molar-refractivity contribution in [3.8, 4) is 0 Å². The Labute approximate surface area is 130 Å². The molecule has 2 N–H and O–H groups in total. The third kappa shape index (κ3) is 3.39. The Balaban J connectivity index is 3.47. The summed E-state index contributed by atoms with van der Waals surface area (Å²) in [6, 6.07) is 4.57. The Morgan fingerprint density at radius 2 is 1.73 bits per heavy atom. The molecular formula is C14H18F3NO3S. The van der Waals surface area contributed by atoms with Gasteiger partial charge >= 0.3 is 11.9 Å². The summed E-state index contributed by atoms with van der Waals surface area (Å²) in [6.07, 6.45) is 0. The fourth-order valence-electron chi connectivity index (χ4n) is 1.71. The van der Waals surface area contributed by atoms with Crippen molar-refractivity contribution < 1.29 is 27.6 Å². The molecular weight excluding hydrogens is 319 g/mol. The van der Waals surface area contributed by atoms with Crippen LogP contribution < -0.4 is 4.72 Å². The molecule has 0 radical (unpaired) electrons. The van der Waals surface area contributed by atoms with Crippen molar-refractivity contribution in [3.05, 3.63) is 35.6 Å². The minimum absolute atomic E-state index is 0.569. The van der Waals surface area contributed by atoms with E-state index in [1.807, 2.05) is 0 Å². The maximum atomic E-state index is 14.2. The van der Waals surface area contributed by atoms with Crippen molar-refractivity contribution in [1.29, 1.82) is 0 Å². The molecule has 0 aromatic heterocycles. The molecule has 0 spiro atoms. The number of alkyl halides is 2. The molecule has 0 aliphatic rings. The first-order valence-electron chi connectivity index (χ1n) is 6.40. The summed E-state index contributed by atoms with van der Waals surface area (Å²) >= 11 is -2.04. The molecule has 0 fully saturated rings. The normalized spacial score (nSPS) is 16.9. The van der Waals surface area contributed by atoms with E-state index in [1.165, 1.54) is 32.9 Å². The average molecular weight is 337 g/mol. The Morgan fingerprint density at radius 1 is 1.23 bits per heavy atom. The number of carbonyl (C=O) groups is 1. The molecule has 0 amide bonds. The van der Waals surface area contributed by atoms with E-state index in [1.54, 1.807) is 0 Å². The van der Waals surface area contributed by atoms with Gasteiger partial charge in [-0.15, -0.1) is 4.72 Å². The van der Waals surface area contributed by atoms with Crippen LogP contribution in [0.2, 0.25) is 0 Å². The first-order chi connectivity index (χ1) is 9.84. The molecule has 1 aromatic rings. The number of benzene rings is 1. The van der Waals surface area contributed by atoms with Gasteiger partial charge in [-0.2, -0.15) is 8.78 Å². The average Bonchev–Trinajstić information content (AvgIpc) is 2.37. The molecule has 4 nitrogen and oxygen atoms in total. The summed E-state index contributed by atoms with van der Waals surface area (Å²) in [7, 11) is 0. The summed E-state index contributed by atoms with van der Waals surface area (Å²) in [5.41, 5.74) is -3.25. The van der Waals surface area contributed by atoms with Gasteiger partial charge in [-0.1, -0.05) is 18.2 Å². The Kier molecular flexibility index (Phi) is 5.21. The van der Waals surface area contributed by atoms with Crippen LogP contribution in [0.4, 0.5) is 13.2 Å². The first kappa shape index (κ1) is 18.8. The second-order valence-electron chi connectivity index (χ2n) is 5.97. The number of hydrogen-bond acceptors (Lipinski definition) is 3. The number of carboxylic acids is 1. The van der Waals surface area contributed by atoms with Gasteiger partial charge in [-0.3, -0.25) is 0 Å². The quantitative estimate of drug-likeness (QED) is 0.811. The van der Waals surface area contributed by atoms with Gasteiger partial charge in [-0.25, -0.2) is 9.18 Å². The van der Waals surface area contributed by atoms with Crippen molar-refractivity contribution in [2.75, 3.05) is 0 Å². The lowest BCUT2D eigenvalue weighted by Crippen LogP contribution is -2.61. The van der Waals surface area contributed by atoms with Crippen LogP contribution in [0.3, 0.4) is 0 Å². The molecule has 0 aliphatic heterocycles. The number of nitrogens with one attached hydrogen (secondary N) is 1. The van der Waals surface area contributed by atoms with Crippen molar-refractivity contribution in [3.63, 3.8) is 0 Å². The van der Waals surface area contributed by atoms with Gasteiger partial charge in [0.15, 0.2) is 5.54 Å². The van der Waals surface area contributed by atoms with Gasteiger partial charge < -0.3 is 9.66 Å². The molecule has 22 heavy (non-hydrogen) atoms. The largest absolute Gasteiger partial charge is 0.598 e. The number of rotatable bonds is 5. The third-order valence-electron chi connectivity index (χ3n) is 3.16. The van der Waals surface area contributed by atoms with E-state index in [0.717, 1.165) is 19.1 Å². The van der Waals surface area contributed by atoms with Crippen LogP contribution in [-0.4, -0.2) is 26.3 Å². The highest BCUT2D eigenvalue weighted by Crippen LogP contribution is 2.40. The minimum Gasteiger partial charge on any atom is -0.598 e. The van der Waals surface area contributed by atoms with Crippen molar-refractivity contribution in [1.82, 2.24) is 4.72 Å². The van der Waals surface area contributed by atoms with Gasteiger partial charge in [0.05, 0.1) is 0 Å². The molecule has 2 atom stereocenters. The van der Waals surface area contributed by atoms with Gasteiger partial charge in [0.1, 0.15) is 10.6 Å². The fourth-order valence-corrected chi connectivity index (χ4v) is 2.62. The van der Waals surface area contributed by atoms with E-state index < -0.39 is 44.9 Å². The van der Waals surface area contributed by atoms with Crippen LogP contribution in [0.1, 0.15) is 33.3 Å². The molecule has 0 heterocycles. The van der Waals surface area contributed by atoms with E-state index in [0.29, 0.717) is 0 Å². The van der Waals surface area contributed by atoms with Crippen LogP contribution >= 0.6 is 0 Å². The molecule has 0 saturated heterocycles. The summed E-state index contributed by atoms with van der Waals surface area (Å²) in [4.78, 5) is 11.0. The van der Waals surface area contributed by atoms with Crippen LogP contribution in [-0.2, 0) is 21.7 Å². The van der Waals surface area contributed by atoms with Gasteiger partial charge in [0.25, 0.3) is 0 Å². The fraction of sp³-hybridized carbons (Fsp3) is 0.500. The van der Waals surface area contributed by atoms with Gasteiger partial charge in [0, 0.05) is 16.9 Å². The highest BCUT2D eigenvalue weighted by atomic mass is 32.2. The van der Waals surface area contributed by atoms with Gasteiger partial charge in [0.2, 0.25) is 0 Å². The maximum Gasteiger partial charge on any atom is 0.377 e.